The molecule has 2 saturated heterocycles. The Morgan fingerprint density at radius 1 is 1.68 bits per heavy atom. The average Bonchev–Trinajstić information content (AvgIpc) is 3.08. The summed E-state index contributed by atoms with van der Waals surface area (Å²) < 4.78 is 12.4. The van der Waals surface area contributed by atoms with Crippen LogP contribution in [0.4, 0.5) is 0 Å². The summed E-state index contributed by atoms with van der Waals surface area (Å²) in [4.78, 5) is 15.4. The Balaban J connectivity index is 1.74. The summed E-state index contributed by atoms with van der Waals surface area (Å²) in [6, 6.07) is 0.262. The summed E-state index contributed by atoms with van der Waals surface area (Å²) in [6.07, 6.45) is 4.59. The molecule has 0 aliphatic carbocycles. The second kappa shape index (κ2) is 5.13. The van der Waals surface area contributed by atoms with Gasteiger partial charge in [-0.25, -0.2) is 14.5 Å². The largest absolute Gasteiger partial charge is 0.463 e. The molecule has 0 aromatic carbocycles. The summed E-state index contributed by atoms with van der Waals surface area (Å²) >= 11 is 1.95. The van der Waals surface area contributed by atoms with Crippen molar-refractivity contribution in [2.45, 2.75) is 30.9 Å². The summed E-state index contributed by atoms with van der Waals surface area (Å²) in [6.45, 7) is 0.749. The maximum atomic E-state index is 11.4. The lowest BCUT2D eigenvalue weighted by Gasteiger charge is -2.37. The zero-order valence-corrected chi connectivity index (χ0v) is 11.7. The fourth-order valence-corrected chi connectivity index (χ4v) is 4.10. The standard InChI is InChI=1S/C12H17N3O3S/c1-17-11(16)10-13-8-15(14-10)9-2-4-18-12(6-9)3-5-19-7-12/h8-9H,2-7H2,1H3. The van der Waals surface area contributed by atoms with Crippen molar-refractivity contribution in [1.29, 1.82) is 0 Å². The number of rotatable bonds is 2. The molecule has 2 atom stereocenters. The van der Waals surface area contributed by atoms with Gasteiger partial charge in [-0.3, -0.25) is 0 Å². The van der Waals surface area contributed by atoms with Crippen LogP contribution < -0.4 is 0 Å². The molecule has 1 aromatic heterocycles. The van der Waals surface area contributed by atoms with Crippen molar-refractivity contribution in [2.75, 3.05) is 25.2 Å². The zero-order chi connectivity index (χ0) is 13.3. The topological polar surface area (TPSA) is 66.2 Å². The molecule has 1 spiro atoms. The molecule has 0 amide bonds. The average molecular weight is 283 g/mol. The van der Waals surface area contributed by atoms with Crippen LogP contribution in [0.15, 0.2) is 6.33 Å². The molecule has 104 valence electrons. The Kier molecular flexibility index (Phi) is 3.49. The smallest absolute Gasteiger partial charge is 0.377 e. The molecule has 3 heterocycles. The van der Waals surface area contributed by atoms with Gasteiger partial charge in [-0.1, -0.05) is 0 Å². The molecule has 0 N–H and O–H groups in total. The Hall–Kier alpha value is -1.08. The summed E-state index contributed by atoms with van der Waals surface area (Å²) in [5, 5.41) is 4.23. The van der Waals surface area contributed by atoms with Crippen molar-refractivity contribution in [1.82, 2.24) is 14.8 Å². The predicted molar refractivity (Wildman–Crippen MR) is 70.3 cm³/mol. The van der Waals surface area contributed by atoms with Gasteiger partial charge in [0.15, 0.2) is 0 Å². The van der Waals surface area contributed by atoms with Crippen molar-refractivity contribution in [3.8, 4) is 0 Å². The van der Waals surface area contributed by atoms with Crippen LogP contribution in [0.2, 0.25) is 0 Å². The molecule has 7 heteroatoms. The minimum absolute atomic E-state index is 0.00492. The van der Waals surface area contributed by atoms with Gasteiger partial charge in [0, 0.05) is 12.4 Å². The van der Waals surface area contributed by atoms with Crippen LogP contribution >= 0.6 is 11.8 Å². The van der Waals surface area contributed by atoms with E-state index in [1.165, 1.54) is 7.11 Å². The zero-order valence-electron chi connectivity index (χ0n) is 10.9. The van der Waals surface area contributed by atoms with Crippen molar-refractivity contribution < 1.29 is 14.3 Å². The quantitative estimate of drug-likeness (QED) is 0.762. The fraction of sp³-hybridized carbons (Fsp3) is 0.750. The first kappa shape index (κ1) is 12.9. The first-order valence-corrected chi connectivity index (χ1v) is 7.59. The number of carbonyl (C=O) groups excluding carboxylic acids is 1. The van der Waals surface area contributed by atoms with E-state index in [0.717, 1.165) is 37.4 Å². The van der Waals surface area contributed by atoms with E-state index in [9.17, 15) is 4.79 Å². The van der Waals surface area contributed by atoms with Gasteiger partial charge in [-0.05, 0) is 25.0 Å². The molecule has 0 saturated carbocycles. The third-order valence-corrected chi connectivity index (χ3v) is 5.01. The Morgan fingerprint density at radius 3 is 3.32 bits per heavy atom. The highest BCUT2D eigenvalue weighted by Crippen LogP contribution is 2.41. The molecule has 0 bridgehead atoms. The van der Waals surface area contributed by atoms with Gasteiger partial charge in [0.05, 0.1) is 18.8 Å². The van der Waals surface area contributed by atoms with Crippen LogP contribution in [-0.4, -0.2) is 51.6 Å². The van der Waals surface area contributed by atoms with Gasteiger partial charge >= 0.3 is 5.97 Å². The maximum Gasteiger partial charge on any atom is 0.377 e. The summed E-state index contributed by atoms with van der Waals surface area (Å²) in [5.74, 6) is 1.86. The van der Waals surface area contributed by atoms with E-state index in [0.29, 0.717) is 0 Å². The fourth-order valence-electron chi connectivity index (χ4n) is 2.73. The van der Waals surface area contributed by atoms with Gasteiger partial charge in [0.25, 0.3) is 5.82 Å². The number of hydrogen-bond acceptors (Lipinski definition) is 6. The first-order chi connectivity index (χ1) is 9.22. The lowest BCUT2D eigenvalue weighted by Crippen LogP contribution is -2.40. The van der Waals surface area contributed by atoms with E-state index in [1.54, 1.807) is 11.0 Å². The van der Waals surface area contributed by atoms with Crippen molar-refractivity contribution >= 4 is 17.7 Å². The lowest BCUT2D eigenvalue weighted by molar-refractivity contribution is -0.0779. The van der Waals surface area contributed by atoms with Crippen molar-refractivity contribution in [2.24, 2.45) is 0 Å². The monoisotopic (exact) mass is 283 g/mol. The molecule has 6 nitrogen and oxygen atoms in total. The molecule has 1 aromatic rings. The van der Waals surface area contributed by atoms with E-state index in [1.807, 2.05) is 11.8 Å². The van der Waals surface area contributed by atoms with E-state index in [-0.39, 0.29) is 17.5 Å². The number of methoxy groups -OCH3 is 1. The van der Waals surface area contributed by atoms with Crippen molar-refractivity contribution in [3.05, 3.63) is 12.2 Å². The number of nitrogens with zero attached hydrogens (tertiary/aromatic N) is 3. The van der Waals surface area contributed by atoms with Gasteiger partial charge < -0.3 is 9.47 Å². The van der Waals surface area contributed by atoms with Crippen LogP contribution in [0.25, 0.3) is 0 Å². The minimum Gasteiger partial charge on any atom is -0.463 e. The summed E-state index contributed by atoms with van der Waals surface area (Å²) in [5.41, 5.74) is 0.00492. The van der Waals surface area contributed by atoms with Crippen LogP contribution in [0.5, 0.6) is 0 Å². The van der Waals surface area contributed by atoms with E-state index < -0.39 is 5.97 Å². The number of hydrogen-bond donors (Lipinski definition) is 0. The Labute approximate surface area is 115 Å². The molecule has 0 radical (unpaired) electrons. The second-order valence-corrected chi connectivity index (χ2v) is 6.13. The molecule has 19 heavy (non-hydrogen) atoms. The first-order valence-electron chi connectivity index (χ1n) is 6.44. The highest BCUT2D eigenvalue weighted by atomic mass is 32.2. The van der Waals surface area contributed by atoms with Crippen molar-refractivity contribution in [3.63, 3.8) is 0 Å². The van der Waals surface area contributed by atoms with Gasteiger partial charge in [-0.15, -0.1) is 5.10 Å². The molecule has 3 rings (SSSR count). The predicted octanol–water partition coefficient (Wildman–Crippen LogP) is 1.29. The van der Waals surface area contributed by atoms with E-state index in [4.69, 9.17) is 4.74 Å². The van der Waals surface area contributed by atoms with Gasteiger partial charge in [-0.2, -0.15) is 11.8 Å². The lowest BCUT2D eigenvalue weighted by atomic mass is 9.90. The Morgan fingerprint density at radius 2 is 2.58 bits per heavy atom. The van der Waals surface area contributed by atoms with E-state index in [2.05, 4.69) is 14.8 Å². The Bertz CT molecular complexity index is 471. The summed E-state index contributed by atoms with van der Waals surface area (Å²) in [7, 11) is 1.34. The van der Waals surface area contributed by atoms with Crippen LogP contribution in [0.3, 0.4) is 0 Å². The second-order valence-electron chi connectivity index (χ2n) is 5.02. The van der Waals surface area contributed by atoms with Crippen LogP contribution in [0.1, 0.15) is 35.9 Å². The highest BCUT2D eigenvalue weighted by Gasteiger charge is 2.41. The number of thioether (sulfide) groups is 1. The minimum atomic E-state index is -0.489. The van der Waals surface area contributed by atoms with Gasteiger partial charge in [0.1, 0.15) is 6.33 Å². The van der Waals surface area contributed by atoms with E-state index >= 15 is 0 Å². The third kappa shape index (κ3) is 2.49. The molecular weight excluding hydrogens is 266 g/mol. The van der Waals surface area contributed by atoms with Gasteiger partial charge in [0.2, 0.25) is 0 Å². The molecule has 2 aliphatic heterocycles. The normalized spacial score (nSPS) is 30.7. The number of aromatic nitrogens is 3. The SMILES string of the molecule is COC(=O)c1ncn(C2CCOC3(CCSC3)C2)n1. The number of esters is 1. The molecule has 2 unspecified atom stereocenters. The molecule has 2 fully saturated rings. The third-order valence-electron chi connectivity index (χ3n) is 3.78. The highest BCUT2D eigenvalue weighted by molar-refractivity contribution is 7.99. The maximum absolute atomic E-state index is 11.4. The van der Waals surface area contributed by atoms with Crippen LogP contribution in [-0.2, 0) is 9.47 Å². The number of carbonyl (C=O) groups is 1. The van der Waals surface area contributed by atoms with Crippen LogP contribution in [0, 0.1) is 0 Å². The molecule has 2 aliphatic rings. The molecular formula is C12H17N3O3S. The number of ether oxygens (including phenoxy) is 2.